The zero-order chi connectivity index (χ0) is 15.4. The molecule has 0 aliphatic rings. The third-order valence-electron chi connectivity index (χ3n) is 2.39. The molecule has 7 heteroatoms. The fraction of sp³-hybridized carbons (Fsp3) is 0.385. The summed E-state index contributed by atoms with van der Waals surface area (Å²) < 4.78 is 37.0. The zero-order valence-electron chi connectivity index (χ0n) is 11.0. The van der Waals surface area contributed by atoms with Crippen molar-refractivity contribution >= 4 is 22.8 Å². The van der Waals surface area contributed by atoms with Crippen LogP contribution in [0.4, 0.5) is 13.2 Å². The number of hydrogen-bond donors (Lipinski definition) is 1. The zero-order valence-corrected chi connectivity index (χ0v) is 11.8. The monoisotopic (exact) mass is 305 g/mol. The van der Waals surface area contributed by atoms with E-state index in [0.717, 1.165) is 5.56 Å². The Bertz CT molecular complexity index is 490. The van der Waals surface area contributed by atoms with E-state index >= 15 is 0 Å². The number of benzene rings is 1. The Morgan fingerprint density at radius 2 is 1.75 bits per heavy atom. The van der Waals surface area contributed by atoms with Gasteiger partial charge >= 0.3 is 12.1 Å². The van der Waals surface area contributed by atoms with E-state index in [0.29, 0.717) is 11.8 Å². The molecular weight excluding hydrogens is 291 g/mol. The quantitative estimate of drug-likeness (QED) is 0.870. The molecule has 1 N–H and O–H groups in total. The van der Waals surface area contributed by atoms with E-state index in [1.807, 2.05) is 5.32 Å². The normalized spacial score (nSPS) is 14.4. The fourth-order valence-corrected chi connectivity index (χ4v) is 2.74. The molecule has 0 radical (unpaired) electrons. The summed E-state index contributed by atoms with van der Waals surface area (Å²) >= 11 is 0.670. The number of alkyl halides is 3. The van der Waals surface area contributed by atoms with Crippen molar-refractivity contribution in [3.05, 3.63) is 35.9 Å². The van der Waals surface area contributed by atoms with Crippen LogP contribution in [0.3, 0.4) is 0 Å². The molecule has 1 aromatic rings. The van der Waals surface area contributed by atoms with E-state index in [1.54, 1.807) is 30.3 Å². The first kappa shape index (κ1) is 16.6. The second-order valence-corrected chi connectivity index (χ2v) is 6.12. The Balaban J connectivity index is 2.92. The summed E-state index contributed by atoms with van der Waals surface area (Å²) in [5, 5.41) is 1.52. The number of rotatable bonds is 4. The molecule has 1 unspecified atom stereocenters. The summed E-state index contributed by atoms with van der Waals surface area (Å²) in [6.07, 6.45) is -4.87. The van der Waals surface area contributed by atoms with Gasteiger partial charge in [-0.1, -0.05) is 42.1 Å². The van der Waals surface area contributed by atoms with E-state index in [1.165, 1.54) is 13.8 Å². The summed E-state index contributed by atoms with van der Waals surface area (Å²) in [5.74, 6) is -2.05. The van der Waals surface area contributed by atoms with Crippen LogP contribution in [0.1, 0.15) is 19.4 Å². The topological polar surface area (TPSA) is 46.2 Å². The van der Waals surface area contributed by atoms with Crippen LogP contribution in [-0.4, -0.2) is 22.1 Å². The van der Waals surface area contributed by atoms with Gasteiger partial charge in [0.1, 0.15) is 0 Å². The minimum absolute atomic E-state index is 0.111. The number of thioether (sulfide) groups is 1. The first-order chi connectivity index (χ1) is 9.12. The van der Waals surface area contributed by atoms with Crippen molar-refractivity contribution in [1.82, 2.24) is 5.32 Å². The van der Waals surface area contributed by atoms with Crippen LogP contribution in [0.2, 0.25) is 0 Å². The molecule has 110 valence electrons. The fourth-order valence-electron chi connectivity index (χ4n) is 1.72. The molecule has 0 aromatic heterocycles. The van der Waals surface area contributed by atoms with Gasteiger partial charge in [-0.05, 0) is 12.5 Å². The van der Waals surface area contributed by atoms with Gasteiger partial charge in [0.2, 0.25) is 0 Å². The van der Waals surface area contributed by atoms with E-state index < -0.39 is 17.0 Å². The van der Waals surface area contributed by atoms with Crippen LogP contribution in [0.15, 0.2) is 30.3 Å². The third kappa shape index (κ3) is 5.24. The maximum Gasteiger partial charge on any atom is 0.471 e. The second kappa shape index (κ2) is 6.30. The molecular formula is C13H14F3NO2S. The first-order valence-electron chi connectivity index (χ1n) is 5.75. The van der Waals surface area contributed by atoms with Gasteiger partial charge in [-0.2, -0.15) is 13.2 Å². The number of nitrogens with one attached hydrogen (secondary N) is 1. The van der Waals surface area contributed by atoms with Crippen LogP contribution >= 0.6 is 11.8 Å². The lowest BCUT2D eigenvalue weighted by Gasteiger charge is -2.29. The Kier molecular flexibility index (Phi) is 5.21. The van der Waals surface area contributed by atoms with E-state index in [9.17, 15) is 22.8 Å². The highest BCUT2D eigenvalue weighted by Crippen LogP contribution is 2.29. The summed E-state index contributed by atoms with van der Waals surface area (Å²) in [5.41, 5.74) is 0.728. The maximum atomic E-state index is 12.3. The van der Waals surface area contributed by atoms with E-state index in [4.69, 9.17) is 0 Å². The van der Waals surface area contributed by atoms with Gasteiger partial charge in [-0.15, -0.1) is 0 Å². The molecule has 3 nitrogen and oxygen atoms in total. The van der Waals surface area contributed by atoms with Gasteiger partial charge in [0.25, 0.3) is 0 Å². The lowest BCUT2D eigenvalue weighted by molar-refractivity contribution is -0.174. The van der Waals surface area contributed by atoms with E-state index in [-0.39, 0.29) is 11.5 Å². The van der Waals surface area contributed by atoms with Crippen molar-refractivity contribution in [2.45, 2.75) is 31.3 Å². The highest BCUT2D eigenvalue weighted by Gasteiger charge is 2.43. The molecule has 1 aromatic carbocycles. The largest absolute Gasteiger partial charge is 0.471 e. The number of halogens is 3. The Morgan fingerprint density at radius 1 is 1.20 bits per heavy atom. The van der Waals surface area contributed by atoms with Crippen molar-refractivity contribution < 1.29 is 22.8 Å². The minimum atomic E-state index is -4.98. The van der Waals surface area contributed by atoms with Crippen molar-refractivity contribution in [1.29, 1.82) is 0 Å². The van der Waals surface area contributed by atoms with Gasteiger partial charge in [-0.3, -0.25) is 9.59 Å². The molecule has 20 heavy (non-hydrogen) atoms. The van der Waals surface area contributed by atoms with Crippen LogP contribution in [0.25, 0.3) is 0 Å². The molecule has 0 aliphatic heterocycles. The van der Waals surface area contributed by atoms with E-state index in [2.05, 4.69) is 0 Å². The molecule has 0 fully saturated rings. The molecule has 0 saturated carbocycles. The summed E-state index contributed by atoms with van der Waals surface area (Å²) in [4.78, 5) is 21.0. The summed E-state index contributed by atoms with van der Waals surface area (Å²) in [6.45, 7) is 2.64. The minimum Gasteiger partial charge on any atom is -0.333 e. The Morgan fingerprint density at radius 3 is 2.20 bits per heavy atom. The van der Waals surface area contributed by atoms with Crippen molar-refractivity contribution in [3.63, 3.8) is 0 Å². The number of carbonyl (C=O) groups is 2. The average molecular weight is 305 g/mol. The lowest BCUT2D eigenvalue weighted by atomic mass is 10.1. The predicted molar refractivity (Wildman–Crippen MR) is 71.0 cm³/mol. The van der Waals surface area contributed by atoms with Crippen LogP contribution in [0, 0.1) is 0 Å². The molecule has 0 bridgehead atoms. The standard InChI is InChI=1S/C13H14F3NO2S/c1-9(18)20-12(2,17-11(19)13(14,15)16)8-10-6-4-3-5-7-10/h3-7H,8H2,1-2H3,(H,17,19). The average Bonchev–Trinajstić information content (AvgIpc) is 2.27. The van der Waals surface area contributed by atoms with Crippen molar-refractivity contribution in [3.8, 4) is 0 Å². The van der Waals surface area contributed by atoms with Crippen molar-refractivity contribution in [2.24, 2.45) is 0 Å². The molecule has 0 aliphatic carbocycles. The third-order valence-corrected chi connectivity index (χ3v) is 3.37. The van der Waals surface area contributed by atoms with Gasteiger partial charge in [0.15, 0.2) is 5.12 Å². The summed E-state index contributed by atoms with van der Waals surface area (Å²) in [6, 6.07) is 8.68. The van der Waals surface area contributed by atoms with Gasteiger partial charge in [0.05, 0.1) is 4.87 Å². The highest BCUT2D eigenvalue weighted by atomic mass is 32.2. The molecule has 1 atom stereocenters. The number of carbonyl (C=O) groups excluding carboxylic acids is 2. The van der Waals surface area contributed by atoms with Gasteiger partial charge < -0.3 is 5.32 Å². The van der Waals surface area contributed by atoms with Crippen molar-refractivity contribution in [2.75, 3.05) is 0 Å². The number of amides is 1. The molecule has 1 rings (SSSR count). The van der Waals surface area contributed by atoms with Crippen LogP contribution in [-0.2, 0) is 16.0 Å². The van der Waals surface area contributed by atoms with Gasteiger partial charge in [0, 0.05) is 13.3 Å². The number of hydrogen-bond acceptors (Lipinski definition) is 3. The lowest BCUT2D eigenvalue weighted by Crippen LogP contribution is -2.50. The molecule has 0 saturated heterocycles. The predicted octanol–water partition coefficient (Wildman–Crippen LogP) is 2.90. The summed E-state index contributed by atoms with van der Waals surface area (Å²) in [7, 11) is 0. The molecule has 0 heterocycles. The molecule has 1 amide bonds. The highest BCUT2D eigenvalue weighted by molar-refractivity contribution is 8.14. The Hall–Kier alpha value is -1.50. The van der Waals surface area contributed by atoms with Crippen LogP contribution in [0.5, 0.6) is 0 Å². The smallest absolute Gasteiger partial charge is 0.333 e. The second-order valence-electron chi connectivity index (χ2n) is 4.44. The molecule has 0 spiro atoms. The van der Waals surface area contributed by atoms with Crippen LogP contribution < -0.4 is 5.32 Å². The first-order valence-corrected chi connectivity index (χ1v) is 6.57. The SMILES string of the molecule is CC(=O)SC(C)(Cc1ccccc1)NC(=O)C(F)(F)F. The Labute approximate surface area is 118 Å². The van der Waals surface area contributed by atoms with Gasteiger partial charge in [-0.25, -0.2) is 0 Å². The maximum absolute atomic E-state index is 12.3.